The first-order valence-electron chi connectivity index (χ1n) is 13.5. The molecular weight excluding hydrogens is 452 g/mol. The number of hydrogen-bond donors (Lipinski definition) is 1. The fraction of sp³-hybridized carbons (Fsp3) is 0.548. The molecule has 4 unspecified atom stereocenters. The number of benzene rings is 2. The van der Waals surface area contributed by atoms with Crippen molar-refractivity contribution in [1.29, 1.82) is 0 Å². The Kier molecular flexibility index (Phi) is 8.50. The molecule has 2 heterocycles. The molecule has 2 aliphatic rings. The Hall–Kier alpha value is -2.66. The van der Waals surface area contributed by atoms with Gasteiger partial charge in [0.15, 0.2) is 0 Å². The molecule has 2 aromatic carbocycles. The third-order valence-corrected chi connectivity index (χ3v) is 8.51. The Balaban J connectivity index is 1.20. The minimum Gasteiger partial charge on any atom is -0.461 e. The average molecular weight is 493 g/mol. The molecule has 4 atom stereocenters. The highest BCUT2D eigenvalue weighted by Gasteiger charge is 2.46. The van der Waals surface area contributed by atoms with E-state index in [1.165, 1.54) is 11.1 Å². The van der Waals surface area contributed by atoms with Crippen molar-refractivity contribution < 1.29 is 24.2 Å². The van der Waals surface area contributed by atoms with Crippen LogP contribution in [0, 0.1) is 0 Å². The van der Waals surface area contributed by atoms with Gasteiger partial charge in [0.05, 0.1) is 18.9 Å². The van der Waals surface area contributed by atoms with Crippen LogP contribution in [0.2, 0.25) is 0 Å². The van der Waals surface area contributed by atoms with Crippen LogP contribution >= 0.6 is 0 Å². The first-order valence-corrected chi connectivity index (χ1v) is 13.5. The zero-order chi connectivity index (χ0) is 25.6. The van der Waals surface area contributed by atoms with E-state index in [-0.39, 0.29) is 41.1 Å². The topological polar surface area (TPSA) is 72.8 Å². The van der Waals surface area contributed by atoms with Gasteiger partial charge in [-0.25, -0.2) is 0 Å². The van der Waals surface area contributed by atoms with Crippen LogP contribution in [0.3, 0.4) is 0 Å². The summed E-state index contributed by atoms with van der Waals surface area (Å²) in [5.74, 6) is -0.229. The highest BCUT2D eigenvalue weighted by Crippen LogP contribution is 2.41. The van der Waals surface area contributed by atoms with Gasteiger partial charge in [-0.05, 0) is 36.8 Å². The second-order valence-electron chi connectivity index (χ2n) is 11.1. The number of carbonyl (C=O) groups excluding carboxylic acids is 2. The van der Waals surface area contributed by atoms with E-state index in [0.717, 1.165) is 51.4 Å². The first kappa shape index (κ1) is 26.4. The number of cyclic esters (lactones) is 2. The molecule has 5 nitrogen and oxygen atoms in total. The van der Waals surface area contributed by atoms with Gasteiger partial charge >= 0.3 is 11.9 Å². The summed E-state index contributed by atoms with van der Waals surface area (Å²) in [5.41, 5.74) is 2.04. The van der Waals surface area contributed by atoms with Gasteiger partial charge in [0, 0.05) is 10.8 Å². The minimum absolute atomic E-state index is 0.0637. The number of hydrogen-bond acceptors (Lipinski definition) is 5. The Labute approximate surface area is 215 Å². The van der Waals surface area contributed by atoms with Crippen molar-refractivity contribution in [2.45, 2.75) is 107 Å². The molecule has 194 valence electrons. The summed E-state index contributed by atoms with van der Waals surface area (Å²) in [6, 6.07) is 20.6. The second-order valence-corrected chi connectivity index (χ2v) is 11.1. The van der Waals surface area contributed by atoms with Crippen LogP contribution in [0.5, 0.6) is 0 Å². The van der Waals surface area contributed by atoms with Gasteiger partial charge in [-0.15, -0.1) is 0 Å². The summed E-state index contributed by atoms with van der Waals surface area (Å²) < 4.78 is 11.0. The average Bonchev–Trinajstić information content (AvgIpc) is 2.86. The van der Waals surface area contributed by atoms with E-state index < -0.39 is 0 Å². The van der Waals surface area contributed by atoms with E-state index in [2.05, 4.69) is 38.1 Å². The lowest BCUT2D eigenvalue weighted by molar-refractivity contribution is -0.178. The second kappa shape index (κ2) is 11.6. The van der Waals surface area contributed by atoms with Gasteiger partial charge in [-0.2, -0.15) is 0 Å². The van der Waals surface area contributed by atoms with Crippen molar-refractivity contribution in [3.05, 3.63) is 71.8 Å². The van der Waals surface area contributed by atoms with Crippen LogP contribution in [0.1, 0.15) is 89.2 Å². The molecule has 2 aliphatic heterocycles. The largest absolute Gasteiger partial charge is 0.461 e. The Morgan fingerprint density at radius 2 is 1.08 bits per heavy atom. The molecule has 2 aromatic rings. The maximum absolute atomic E-state index is 11.5. The molecule has 0 bridgehead atoms. The zero-order valence-electron chi connectivity index (χ0n) is 21.7. The Bertz CT molecular complexity index is 909. The third-order valence-electron chi connectivity index (χ3n) is 8.51. The van der Waals surface area contributed by atoms with Gasteiger partial charge in [0.25, 0.3) is 0 Å². The zero-order valence-corrected chi connectivity index (χ0v) is 21.7. The molecule has 0 aliphatic carbocycles. The number of aliphatic hydroxyl groups excluding tert-OH is 1. The van der Waals surface area contributed by atoms with Crippen molar-refractivity contribution in [2.24, 2.45) is 0 Å². The summed E-state index contributed by atoms with van der Waals surface area (Å²) in [4.78, 5) is 22.9. The highest BCUT2D eigenvalue weighted by atomic mass is 16.6. The first-order chi connectivity index (χ1) is 17.3. The SMILES string of the molecule is CC(CCCCC(O)CCCCC(C)(c1ccccc1)C1CC(=O)O1)(c1ccccc1)C1CC(=O)O1. The van der Waals surface area contributed by atoms with Crippen molar-refractivity contribution >= 4 is 11.9 Å². The van der Waals surface area contributed by atoms with Gasteiger partial charge in [-0.3, -0.25) is 9.59 Å². The lowest BCUT2D eigenvalue weighted by Crippen LogP contribution is -2.48. The Morgan fingerprint density at radius 1 is 0.722 bits per heavy atom. The summed E-state index contributed by atoms with van der Waals surface area (Å²) in [7, 11) is 0. The van der Waals surface area contributed by atoms with Crippen LogP contribution in [-0.4, -0.2) is 35.4 Å². The predicted octanol–water partition coefficient (Wildman–Crippen LogP) is 6.01. The fourth-order valence-electron chi connectivity index (χ4n) is 5.82. The lowest BCUT2D eigenvalue weighted by Gasteiger charge is -2.42. The number of ether oxygens (including phenoxy) is 2. The molecule has 0 radical (unpaired) electrons. The van der Waals surface area contributed by atoms with Crippen molar-refractivity contribution in [3.63, 3.8) is 0 Å². The fourth-order valence-corrected chi connectivity index (χ4v) is 5.82. The van der Waals surface area contributed by atoms with Crippen LogP contribution in [-0.2, 0) is 29.9 Å². The standard InChI is InChI=1S/C31H40O5/c1-30(26-21-28(33)35-26,23-13-5-3-6-14-23)19-11-9-17-25(32)18-10-12-20-31(2,27-22-29(34)36-27)24-15-7-4-8-16-24/h3-8,13-16,25-27,32H,9-12,17-22H2,1-2H3. The molecule has 5 heteroatoms. The monoisotopic (exact) mass is 492 g/mol. The van der Waals surface area contributed by atoms with Crippen molar-refractivity contribution in [1.82, 2.24) is 0 Å². The molecule has 0 amide bonds. The van der Waals surface area contributed by atoms with Crippen LogP contribution in [0.25, 0.3) is 0 Å². The van der Waals surface area contributed by atoms with E-state index in [1.807, 2.05) is 36.4 Å². The van der Waals surface area contributed by atoms with E-state index in [4.69, 9.17) is 9.47 Å². The van der Waals surface area contributed by atoms with Crippen LogP contribution in [0.15, 0.2) is 60.7 Å². The predicted molar refractivity (Wildman–Crippen MR) is 140 cm³/mol. The van der Waals surface area contributed by atoms with E-state index in [1.54, 1.807) is 0 Å². The Morgan fingerprint density at radius 3 is 1.42 bits per heavy atom. The van der Waals surface area contributed by atoms with Crippen LogP contribution < -0.4 is 0 Å². The maximum atomic E-state index is 11.5. The van der Waals surface area contributed by atoms with Crippen molar-refractivity contribution in [2.75, 3.05) is 0 Å². The van der Waals surface area contributed by atoms with Crippen molar-refractivity contribution in [3.8, 4) is 0 Å². The van der Waals surface area contributed by atoms with E-state index >= 15 is 0 Å². The molecular formula is C31H40O5. The summed E-state index contributed by atoms with van der Waals surface area (Å²) in [6.45, 7) is 4.39. The van der Waals surface area contributed by atoms with Gasteiger partial charge < -0.3 is 14.6 Å². The normalized spacial score (nSPS) is 23.3. The van der Waals surface area contributed by atoms with E-state index in [9.17, 15) is 14.7 Å². The number of unbranched alkanes of at least 4 members (excludes halogenated alkanes) is 2. The molecule has 0 saturated carbocycles. The summed E-state index contributed by atoms with van der Waals surface area (Å²) in [6.07, 6.45) is 7.81. The van der Waals surface area contributed by atoms with Gasteiger partial charge in [0.2, 0.25) is 0 Å². The summed E-state index contributed by atoms with van der Waals surface area (Å²) >= 11 is 0. The quantitative estimate of drug-likeness (QED) is 0.258. The molecule has 4 rings (SSSR count). The number of aliphatic hydroxyl groups is 1. The molecule has 2 saturated heterocycles. The summed E-state index contributed by atoms with van der Waals surface area (Å²) in [5, 5.41) is 10.6. The molecule has 1 N–H and O–H groups in total. The minimum atomic E-state index is -0.306. The number of esters is 2. The molecule has 2 fully saturated rings. The highest BCUT2D eigenvalue weighted by molar-refractivity contribution is 5.76. The molecule has 0 spiro atoms. The molecule has 36 heavy (non-hydrogen) atoms. The molecule has 0 aromatic heterocycles. The van der Waals surface area contributed by atoms with E-state index in [0.29, 0.717) is 12.8 Å². The van der Waals surface area contributed by atoms with Gasteiger partial charge in [-0.1, -0.05) is 100 Å². The number of rotatable bonds is 14. The van der Waals surface area contributed by atoms with Gasteiger partial charge in [0.1, 0.15) is 12.2 Å². The smallest absolute Gasteiger partial charge is 0.309 e. The maximum Gasteiger partial charge on any atom is 0.309 e. The lowest BCUT2D eigenvalue weighted by atomic mass is 9.71. The van der Waals surface area contributed by atoms with Crippen LogP contribution in [0.4, 0.5) is 0 Å². The number of carbonyl (C=O) groups is 2. The third kappa shape index (κ3) is 6.00.